The standard InChI is InChI=1S/C16H14N2O2/c19-14-8-4-7-13(11-14)16-17-15(20-18-16)10-9-12-5-2-1-3-6-12/h1-8,11,19H,9-10H2. The fourth-order valence-electron chi connectivity index (χ4n) is 2.01. The Morgan fingerprint density at radius 1 is 0.950 bits per heavy atom. The van der Waals surface area contributed by atoms with Crippen molar-refractivity contribution in [3.63, 3.8) is 0 Å². The van der Waals surface area contributed by atoms with E-state index in [0.29, 0.717) is 18.1 Å². The highest BCUT2D eigenvalue weighted by Crippen LogP contribution is 2.20. The molecule has 0 spiro atoms. The number of hydrogen-bond donors (Lipinski definition) is 1. The third-order valence-electron chi connectivity index (χ3n) is 3.04. The molecule has 0 aliphatic heterocycles. The molecule has 0 unspecified atom stereocenters. The third-order valence-corrected chi connectivity index (χ3v) is 3.04. The van der Waals surface area contributed by atoms with E-state index in [1.807, 2.05) is 24.3 Å². The van der Waals surface area contributed by atoms with Gasteiger partial charge in [0.25, 0.3) is 0 Å². The third kappa shape index (κ3) is 2.85. The molecule has 0 atom stereocenters. The molecule has 0 radical (unpaired) electrons. The molecule has 0 amide bonds. The molecule has 20 heavy (non-hydrogen) atoms. The summed E-state index contributed by atoms with van der Waals surface area (Å²) in [5, 5.41) is 13.4. The summed E-state index contributed by atoms with van der Waals surface area (Å²) in [6, 6.07) is 17.0. The van der Waals surface area contributed by atoms with Crippen molar-refractivity contribution < 1.29 is 9.63 Å². The van der Waals surface area contributed by atoms with Crippen LogP contribution in [-0.2, 0) is 12.8 Å². The maximum Gasteiger partial charge on any atom is 0.227 e. The van der Waals surface area contributed by atoms with Gasteiger partial charge in [0, 0.05) is 12.0 Å². The first-order chi connectivity index (χ1) is 9.81. The second-order valence-corrected chi connectivity index (χ2v) is 4.55. The van der Waals surface area contributed by atoms with Crippen LogP contribution in [0.15, 0.2) is 59.1 Å². The Labute approximate surface area is 116 Å². The van der Waals surface area contributed by atoms with Crippen LogP contribution in [0.4, 0.5) is 0 Å². The Bertz CT molecular complexity index is 692. The van der Waals surface area contributed by atoms with Gasteiger partial charge in [-0.15, -0.1) is 0 Å². The molecule has 0 fully saturated rings. The van der Waals surface area contributed by atoms with E-state index in [9.17, 15) is 5.11 Å². The van der Waals surface area contributed by atoms with Gasteiger partial charge in [0.05, 0.1) is 0 Å². The normalized spacial score (nSPS) is 10.6. The lowest BCUT2D eigenvalue weighted by Crippen LogP contribution is -1.91. The Kier molecular flexibility index (Phi) is 3.46. The van der Waals surface area contributed by atoms with Crippen LogP contribution in [0.5, 0.6) is 5.75 Å². The van der Waals surface area contributed by atoms with Gasteiger partial charge in [-0.1, -0.05) is 47.6 Å². The molecule has 0 aliphatic rings. The number of aryl methyl sites for hydroxylation is 2. The monoisotopic (exact) mass is 266 g/mol. The van der Waals surface area contributed by atoms with E-state index >= 15 is 0 Å². The molecule has 4 nitrogen and oxygen atoms in total. The fourth-order valence-corrected chi connectivity index (χ4v) is 2.01. The summed E-state index contributed by atoms with van der Waals surface area (Å²) in [7, 11) is 0. The molecular formula is C16H14N2O2. The molecule has 4 heteroatoms. The topological polar surface area (TPSA) is 59.2 Å². The van der Waals surface area contributed by atoms with Crippen molar-refractivity contribution in [3.8, 4) is 17.1 Å². The number of aromatic nitrogens is 2. The van der Waals surface area contributed by atoms with Gasteiger partial charge >= 0.3 is 0 Å². The second kappa shape index (κ2) is 5.57. The zero-order valence-corrected chi connectivity index (χ0v) is 10.9. The number of benzene rings is 2. The minimum Gasteiger partial charge on any atom is -0.508 e. The van der Waals surface area contributed by atoms with Crippen molar-refractivity contribution >= 4 is 0 Å². The van der Waals surface area contributed by atoms with Gasteiger partial charge in [0.15, 0.2) is 0 Å². The molecule has 2 aromatic carbocycles. The minimum absolute atomic E-state index is 0.193. The fraction of sp³-hybridized carbons (Fsp3) is 0.125. The number of nitrogens with zero attached hydrogens (tertiary/aromatic N) is 2. The molecule has 0 saturated heterocycles. The Hall–Kier alpha value is -2.62. The summed E-state index contributed by atoms with van der Waals surface area (Å²) < 4.78 is 5.24. The quantitative estimate of drug-likeness (QED) is 0.787. The Morgan fingerprint density at radius 2 is 1.80 bits per heavy atom. The van der Waals surface area contributed by atoms with Crippen LogP contribution in [0.25, 0.3) is 11.4 Å². The molecule has 1 N–H and O–H groups in total. The summed E-state index contributed by atoms with van der Waals surface area (Å²) >= 11 is 0. The summed E-state index contributed by atoms with van der Waals surface area (Å²) in [6.45, 7) is 0. The first-order valence-electron chi connectivity index (χ1n) is 6.47. The predicted octanol–water partition coefficient (Wildman–Crippen LogP) is 3.23. The van der Waals surface area contributed by atoms with Crippen molar-refractivity contribution in [3.05, 3.63) is 66.1 Å². The average molecular weight is 266 g/mol. The number of phenolic OH excluding ortho intramolecular Hbond substituents is 1. The van der Waals surface area contributed by atoms with Crippen LogP contribution in [0, 0.1) is 0 Å². The van der Waals surface area contributed by atoms with Crippen molar-refractivity contribution in [1.82, 2.24) is 10.1 Å². The zero-order valence-electron chi connectivity index (χ0n) is 10.9. The maximum absolute atomic E-state index is 9.45. The smallest absolute Gasteiger partial charge is 0.227 e. The van der Waals surface area contributed by atoms with Gasteiger partial charge in [-0.3, -0.25) is 0 Å². The van der Waals surface area contributed by atoms with Gasteiger partial charge < -0.3 is 9.63 Å². The van der Waals surface area contributed by atoms with Crippen LogP contribution >= 0.6 is 0 Å². The van der Waals surface area contributed by atoms with E-state index in [-0.39, 0.29) is 5.75 Å². The van der Waals surface area contributed by atoms with E-state index in [4.69, 9.17) is 4.52 Å². The SMILES string of the molecule is Oc1cccc(-c2noc(CCc3ccccc3)n2)c1. The van der Waals surface area contributed by atoms with Crippen LogP contribution < -0.4 is 0 Å². The number of rotatable bonds is 4. The van der Waals surface area contributed by atoms with Crippen molar-refractivity contribution in [2.24, 2.45) is 0 Å². The summed E-state index contributed by atoms with van der Waals surface area (Å²) in [6.07, 6.45) is 1.57. The average Bonchev–Trinajstić information content (AvgIpc) is 2.95. The summed E-state index contributed by atoms with van der Waals surface area (Å²) in [4.78, 5) is 4.35. The lowest BCUT2D eigenvalue weighted by atomic mass is 10.1. The largest absolute Gasteiger partial charge is 0.508 e. The van der Waals surface area contributed by atoms with E-state index in [2.05, 4.69) is 22.3 Å². The zero-order chi connectivity index (χ0) is 13.8. The molecule has 3 rings (SSSR count). The van der Waals surface area contributed by atoms with Gasteiger partial charge in [-0.2, -0.15) is 4.98 Å². The first-order valence-corrected chi connectivity index (χ1v) is 6.47. The number of aromatic hydroxyl groups is 1. The van der Waals surface area contributed by atoms with Crippen LogP contribution in [0.1, 0.15) is 11.5 Å². The van der Waals surface area contributed by atoms with E-state index in [1.165, 1.54) is 5.56 Å². The molecule has 1 heterocycles. The molecule has 1 aromatic heterocycles. The van der Waals surface area contributed by atoms with Gasteiger partial charge in [0.1, 0.15) is 5.75 Å². The Balaban J connectivity index is 1.71. The first kappa shape index (κ1) is 12.4. The van der Waals surface area contributed by atoms with Crippen LogP contribution in [-0.4, -0.2) is 15.2 Å². The van der Waals surface area contributed by atoms with Gasteiger partial charge in [-0.05, 0) is 24.1 Å². The van der Waals surface area contributed by atoms with Crippen LogP contribution in [0.3, 0.4) is 0 Å². The second-order valence-electron chi connectivity index (χ2n) is 4.55. The lowest BCUT2D eigenvalue weighted by Gasteiger charge is -1.96. The number of hydrogen-bond acceptors (Lipinski definition) is 4. The molecular weight excluding hydrogens is 252 g/mol. The van der Waals surface area contributed by atoms with E-state index in [1.54, 1.807) is 18.2 Å². The highest BCUT2D eigenvalue weighted by Gasteiger charge is 2.09. The van der Waals surface area contributed by atoms with Gasteiger partial charge in [-0.25, -0.2) is 0 Å². The highest BCUT2D eigenvalue weighted by atomic mass is 16.5. The van der Waals surface area contributed by atoms with Crippen LogP contribution in [0.2, 0.25) is 0 Å². The van der Waals surface area contributed by atoms with Crippen molar-refractivity contribution in [1.29, 1.82) is 0 Å². The summed E-state index contributed by atoms with van der Waals surface area (Å²) in [5.74, 6) is 1.30. The van der Waals surface area contributed by atoms with E-state index < -0.39 is 0 Å². The molecule has 0 bridgehead atoms. The summed E-state index contributed by atoms with van der Waals surface area (Å²) in [5.41, 5.74) is 1.99. The van der Waals surface area contributed by atoms with E-state index in [0.717, 1.165) is 12.0 Å². The van der Waals surface area contributed by atoms with Crippen molar-refractivity contribution in [2.45, 2.75) is 12.8 Å². The number of phenols is 1. The van der Waals surface area contributed by atoms with Gasteiger partial charge in [0.2, 0.25) is 11.7 Å². The molecule has 100 valence electrons. The Morgan fingerprint density at radius 3 is 2.60 bits per heavy atom. The minimum atomic E-state index is 0.193. The molecule has 3 aromatic rings. The predicted molar refractivity (Wildman–Crippen MR) is 75.2 cm³/mol. The molecule has 0 saturated carbocycles. The lowest BCUT2D eigenvalue weighted by molar-refractivity contribution is 0.379. The maximum atomic E-state index is 9.45. The highest BCUT2D eigenvalue weighted by molar-refractivity contribution is 5.56. The molecule has 0 aliphatic carbocycles. The van der Waals surface area contributed by atoms with Crippen molar-refractivity contribution in [2.75, 3.05) is 0 Å².